The Morgan fingerprint density at radius 3 is 3.06 bits per heavy atom. The predicted molar refractivity (Wildman–Crippen MR) is 59.9 cm³/mol. The van der Waals surface area contributed by atoms with Gasteiger partial charge in [0.25, 0.3) is 0 Å². The third-order valence-electron chi connectivity index (χ3n) is 2.62. The molecule has 0 spiro atoms. The van der Waals surface area contributed by atoms with E-state index in [1.165, 1.54) is 0 Å². The van der Waals surface area contributed by atoms with Crippen LogP contribution >= 0.6 is 0 Å². The minimum Gasteiger partial charge on any atom is -0.468 e. The number of nitrogens with zero attached hydrogens (tertiary/aromatic N) is 3. The number of aromatic nitrogens is 3. The van der Waals surface area contributed by atoms with Gasteiger partial charge < -0.3 is 9.73 Å². The first-order valence-electron chi connectivity index (χ1n) is 5.42. The Kier molecular flexibility index (Phi) is 3.36. The molecular weight excluding hydrogens is 204 g/mol. The smallest absolute Gasteiger partial charge is 0.138 e. The molecule has 0 radical (unpaired) electrons. The topological polar surface area (TPSA) is 55.9 Å². The van der Waals surface area contributed by atoms with Crippen molar-refractivity contribution in [3.05, 3.63) is 36.3 Å². The summed E-state index contributed by atoms with van der Waals surface area (Å²) in [6, 6.07) is 4.00. The number of likely N-dealkylation sites (N-methyl/N-ethyl adjacent to an activating group) is 1. The molecule has 0 saturated carbocycles. The van der Waals surface area contributed by atoms with Gasteiger partial charge in [-0.25, -0.2) is 4.98 Å². The van der Waals surface area contributed by atoms with Crippen molar-refractivity contribution >= 4 is 0 Å². The molecule has 5 heteroatoms. The van der Waals surface area contributed by atoms with Crippen molar-refractivity contribution in [3.63, 3.8) is 0 Å². The largest absolute Gasteiger partial charge is 0.468 e. The normalized spacial score (nSPS) is 12.9. The van der Waals surface area contributed by atoms with Crippen molar-refractivity contribution < 1.29 is 4.42 Å². The van der Waals surface area contributed by atoms with Gasteiger partial charge in [-0.05, 0) is 26.1 Å². The SMILES string of the molecule is CCn1ncnc1CC(NC)c1ccco1. The van der Waals surface area contributed by atoms with E-state index in [1.807, 2.05) is 23.9 Å². The van der Waals surface area contributed by atoms with E-state index in [9.17, 15) is 0 Å². The van der Waals surface area contributed by atoms with Crippen LogP contribution in [-0.2, 0) is 13.0 Å². The predicted octanol–water partition coefficient (Wildman–Crippen LogP) is 1.39. The van der Waals surface area contributed by atoms with Gasteiger partial charge in [0, 0.05) is 13.0 Å². The zero-order chi connectivity index (χ0) is 11.4. The maximum Gasteiger partial charge on any atom is 0.138 e. The van der Waals surface area contributed by atoms with Crippen LogP contribution < -0.4 is 5.32 Å². The lowest BCUT2D eigenvalue weighted by molar-refractivity contribution is 0.418. The fourth-order valence-electron chi connectivity index (χ4n) is 1.73. The molecule has 2 aromatic heterocycles. The quantitative estimate of drug-likeness (QED) is 0.827. The second kappa shape index (κ2) is 4.94. The Bertz CT molecular complexity index is 421. The highest BCUT2D eigenvalue weighted by atomic mass is 16.3. The first kappa shape index (κ1) is 10.9. The summed E-state index contributed by atoms with van der Waals surface area (Å²) in [7, 11) is 1.92. The van der Waals surface area contributed by atoms with Gasteiger partial charge in [-0.15, -0.1) is 0 Å². The summed E-state index contributed by atoms with van der Waals surface area (Å²) >= 11 is 0. The van der Waals surface area contributed by atoms with Gasteiger partial charge >= 0.3 is 0 Å². The highest BCUT2D eigenvalue weighted by Gasteiger charge is 2.15. The lowest BCUT2D eigenvalue weighted by atomic mass is 10.1. The van der Waals surface area contributed by atoms with Crippen LogP contribution in [0.2, 0.25) is 0 Å². The van der Waals surface area contributed by atoms with Crippen LogP contribution in [0.1, 0.15) is 24.6 Å². The van der Waals surface area contributed by atoms with Crippen LogP contribution in [-0.4, -0.2) is 21.8 Å². The molecular formula is C11H16N4O. The minimum absolute atomic E-state index is 0.143. The minimum atomic E-state index is 0.143. The standard InChI is InChI=1S/C11H16N4O/c1-3-15-11(13-8-14-15)7-9(12-2)10-5-4-6-16-10/h4-6,8-9,12H,3,7H2,1-2H3. The van der Waals surface area contributed by atoms with E-state index in [1.54, 1.807) is 12.6 Å². The number of hydrogen-bond donors (Lipinski definition) is 1. The molecule has 2 aromatic rings. The molecule has 16 heavy (non-hydrogen) atoms. The van der Waals surface area contributed by atoms with Crippen LogP contribution in [0.4, 0.5) is 0 Å². The summed E-state index contributed by atoms with van der Waals surface area (Å²) in [5, 5.41) is 7.37. The van der Waals surface area contributed by atoms with Crippen LogP contribution in [0, 0.1) is 0 Å². The fourth-order valence-corrected chi connectivity index (χ4v) is 1.73. The summed E-state index contributed by atoms with van der Waals surface area (Å²) in [5.74, 6) is 1.89. The van der Waals surface area contributed by atoms with E-state index >= 15 is 0 Å². The van der Waals surface area contributed by atoms with Crippen molar-refractivity contribution in [1.82, 2.24) is 20.1 Å². The first-order chi connectivity index (χ1) is 7.85. The van der Waals surface area contributed by atoms with E-state index in [4.69, 9.17) is 4.42 Å². The van der Waals surface area contributed by atoms with Crippen LogP contribution in [0.3, 0.4) is 0 Å². The maximum absolute atomic E-state index is 5.39. The number of hydrogen-bond acceptors (Lipinski definition) is 4. The maximum atomic E-state index is 5.39. The van der Waals surface area contributed by atoms with Gasteiger partial charge in [0.05, 0.1) is 12.3 Å². The van der Waals surface area contributed by atoms with E-state index in [-0.39, 0.29) is 6.04 Å². The van der Waals surface area contributed by atoms with E-state index < -0.39 is 0 Å². The second-order valence-electron chi connectivity index (χ2n) is 3.55. The molecule has 0 aliphatic rings. The van der Waals surface area contributed by atoms with Crippen molar-refractivity contribution in [2.24, 2.45) is 0 Å². The van der Waals surface area contributed by atoms with Crippen LogP contribution in [0.15, 0.2) is 29.1 Å². The second-order valence-corrected chi connectivity index (χ2v) is 3.55. The Hall–Kier alpha value is -1.62. The zero-order valence-corrected chi connectivity index (χ0v) is 9.55. The average Bonchev–Trinajstić information content (AvgIpc) is 2.96. The molecule has 1 unspecified atom stereocenters. The van der Waals surface area contributed by atoms with Gasteiger partial charge in [0.1, 0.15) is 17.9 Å². The van der Waals surface area contributed by atoms with E-state index in [2.05, 4.69) is 22.3 Å². The molecule has 5 nitrogen and oxygen atoms in total. The Balaban J connectivity index is 2.13. The number of rotatable bonds is 5. The van der Waals surface area contributed by atoms with E-state index in [0.29, 0.717) is 0 Å². The van der Waals surface area contributed by atoms with Crippen LogP contribution in [0.25, 0.3) is 0 Å². The summed E-state index contributed by atoms with van der Waals surface area (Å²) < 4.78 is 7.28. The van der Waals surface area contributed by atoms with Crippen molar-refractivity contribution in [2.45, 2.75) is 25.9 Å². The lowest BCUT2D eigenvalue weighted by Crippen LogP contribution is -2.20. The molecule has 86 valence electrons. The Morgan fingerprint density at radius 2 is 2.44 bits per heavy atom. The number of furan rings is 1. The summed E-state index contributed by atoms with van der Waals surface area (Å²) in [4.78, 5) is 4.25. The zero-order valence-electron chi connectivity index (χ0n) is 9.55. The Labute approximate surface area is 94.5 Å². The highest BCUT2D eigenvalue weighted by molar-refractivity contribution is 5.07. The van der Waals surface area contributed by atoms with Gasteiger partial charge in [0.2, 0.25) is 0 Å². The molecule has 0 fully saturated rings. The molecule has 0 bridgehead atoms. The summed E-state index contributed by atoms with van der Waals surface area (Å²) in [5.41, 5.74) is 0. The molecule has 2 heterocycles. The van der Waals surface area contributed by atoms with Gasteiger partial charge in [0.15, 0.2) is 0 Å². The molecule has 0 aliphatic carbocycles. The third kappa shape index (κ3) is 2.14. The van der Waals surface area contributed by atoms with Crippen molar-refractivity contribution in [2.75, 3.05) is 7.05 Å². The van der Waals surface area contributed by atoms with Gasteiger partial charge in [-0.1, -0.05) is 0 Å². The lowest BCUT2D eigenvalue weighted by Gasteiger charge is -2.13. The number of nitrogens with one attached hydrogen (secondary N) is 1. The monoisotopic (exact) mass is 220 g/mol. The highest BCUT2D eigenvalue weighted by Crippen LogP contribution is 2.17. The van der Waals surface area contributed by atoms with Crippen molar-refractivity contribution in [3.8, 4) is 0 Å². The van der Waals surface area contributed by atoms with E-state index in [0.717, 1.165) is 24.6 Å². The van der Waals surface area contributed by atoms with Gasteiger partial charge in [-0.3, -0.25) is 4.68 Å². The molecule has 0 saturated heterocycles. The average molecular weight is 220 g/mol. The van der Waals surface area contributed by atoms with Crippen molar-refractivity contribution in [1.29, 1.82) is 0 Å². The third-order valence-corrected chi connectivity index (χ3v) is 2.62. The molecule has 0 aromatic carbocycles. The molecule has 0 amide bonds. The molecule has 1 N–H and O–H groups in total. The molecule has 1 atom stereocenters. The number of aryl methyl sites for hydroxylation is 1. The molecule has 2 rings (SSSR count). The first-order valence-corrected chi connectivity index (χ1v) is 5.42. The molecule has 0 aliphatic heterocycles. The van der Waals surface area contributed by atoms with Gasteiger partial charge in [-0.2, -0.15) is 5.10 Å². The fraction of sp³-hybridized carbons (Fsp3) is 0.455. The van der Waals surface area contributed by atoms with Crippen LogP contribution in [0.5, 0.6) is 0 Å². The summed E-state index contributed by atoms with van der Waals surface area (Å²) in [6.45, 7) is 2.89. The Morgan fingerprint density at radius 1 is 1.56 bits per heavy atom. The summed E-state index contributed by atoms with van der Waals surface area (Å²) in [6.07, 6.45) is 4.05.